The molecule has 2 heterocycles. The van der Waals surface area contributed by atoms with Crippen molar-refractivity contribution in [3.8, 4) is 0 Å². The Morgan fingerprint density at radius 3 is 2.61 bits per heavy atom. The summed E-state index contributed by atoms with van der Waals surface area (Å²) in [5.41, 5.74) is 0.574. The van der Waals surface area contributed by atoms with Crippen LogP contribution in [-0.4, -0.2) is 6.54 Å². The van der Waals surface area contributed by atoms with Crippen LogP contribution in [0.5, 0.6) is 0 Å². The fourth-order valence-corrected chi connectivity index (χ4v) is 3.71. The quantitative estimate of drug-likeness (QED) is 0.820. The molecule has 0 spiro atoms. The van der Waals surface area contributed by atoms with E-state index >= 15 is 0 Å². The largest absolute Gasteiger partial charge is 0.308 e. The van der Waals surface area contributed by atoms with Crippen LogP contribution in [0.4, 0.5) is 0 Å². The zero-order valence-electron chi connectivity index (χ0n) is 10.7. The molecule has 1 aliphatic rings. The molecule has 1 saturated carbocycles. The zero-order valence-corrected chi connectivity index (χ0v) is 12.3. The molecule has 1 N–H and O–H groups in total. The number of hydrogen-bond acceptors (Lipinski definition) is 3. The molecule has 1 atom stereocenters. The highest BCUT2D eigenvalue weighted by Crippen LogP contribution is 2.44. The lowest BCUT2D eigenvalue weighted by atomic mass is 10.1. The van der Waals surface area contributed by atoms with Gasteiger partial charge in [0.25, 0.3) is 0 Å². The third-order valence-electron chi connectivity index (χ3n) is 3.75. The fraction of sp³-hybridized carbons (Fsp3) is 0.467. The molecule has 2 aromatic heterocycles. The summed E-state index contributed by atoms with van der Waals surface area (Å²) in [6.07, 6.45) is 3.89. The molecule has 0 amide bonds. The van der Waals surface area contributed by atoms with Crippen LogP contribution in [0.15, 0.2) is 35.0 Å². The normalized spacial score (nSPS) is 18.7. The van der Waals surface area contributed by atoms with Gasteiger partial charge in [0, 0.05) is 28.8 Å². The van der Waals surface area contributed by atoms with Crippen molar-refractivity contribution in [2.45, 2.75) is 32.2 Å². The van der Waals surface area contributed by atoms with Gasteiger partial charge in [-0.2, -0.15) is 0 Å². The van der Waals surface area contributed by atoms with Crippen LogP contribution in [0.1, 0.15) is 35.6 Å². The van der Waals surface area contributed by atoms with Crippen molar-refractivity contribution in [3.05, 3.63) is 44.8 Å². The monoisotopic (exact) mass is 277 g/mol. The third kappa shape index (κ3) is 3.02. The molecule has 3 rings (SSSR count). The van der Waals surface area contributed by atoms with E-state index in [1.165, 1.54) is 22.6 Å². The second-order valence-electron chi connectivity index (χ2n) is 5.54. The Hall–Kier alpha value is -0.640. The molecule has 1 fully saturated rings. The van der Waals surface area contributed by atoms with Crippen molar-refractivity contribution in [3.63, 3.8) is 0 Å². The highest BCUT2D eigenvalue weighted by atomic mass is 32.1. The van der Waals surface area contributed by atoms with Gasteiger partial charge in [0.15, 0.2) is 0 Å². The minimum Gasteiger partial charge on any atom is -0.308 e. The van der Waals surface area contributed by atoms with Crippen LogP contribution in [0.2, 0.25) is 0 Å². The summed E-state index contributed by atoms with van der Waals surface area (Å²) in [5.74, 6) is 0. The van der Waals surface area contributed by atoms with Gasteiger partial charge in [0.05, 0.1) is 0 Å². The highest BCUT2D eigenvalue weighted by Gasteiger charge is 2.37. The van der Waals surface area contributed by atoms with Crippen LogP contribution in [-0.2, 0) is 6.42 Å². The molecule has 3 heteroatoms. The first-order valence-corrected chi connectivity index (χ1v) is 8.30. The van der Waals surface area contributed by atoms with E-state index in [0.717, 1.165) is 13.0 Å². The van der Waals surface area contributed by atoms with Crippen LogP contribution >= 0.6 is 22.7 Å². The van der Waals surface area contributed by atoms with Gasteiger partial charge in [-0.25, -0.2) is 0 Å². The van der Waals surface area contributed by atoms with Crippen molar-refractivity contribution in [1.29, 1.82) is 0 Å². The predicted molar refractivity (Wildman–Crippen MR) is 80.4 cm³/mol. The summed E-state index contributed by atoms with van der Waals surface area (Å²) in [6, 6.07) is 9.29. The van der Waals surface area contributed by atoms with Crippen LogP contribution in [0.3, 0.4) is 0 Å². The molecule has 0 bridgehead atoms. The molecule has 0 radical (unpaired) electrons. The van der Waals surface area contributed by atoms with Gasteiger partial charge >= 0.3 is 0 Å². The van der Waals surface area contributed by atoms with E-state index in [2.05, 4.69) is 47.3 Å². The van der Waals surface area contributed by atoms with Crippen molar-refractivity contribution in [1.82, 2.24) is 5.32 Å². The summed E-state index contributed by atoms with van der Waals surface area (Å²) in [4.78, 5) is 2.94. The molecule has 1 nitrogen and oxygen atoms in total. The van der Waals surface area contributed by atoms with E-state index < -0.39 is 0 Å². The van der Waals surface area contributed by atoms with Crippen LogP contribution in [0, 0.1) is 5.41 Å². The average Bonchev–Trinajstić information content (AvgIpc) is 2.84. The Balaban J connectivity index is 1.67. The number of hydrogen-bond donors (Lipinski definition) is 1. The molecule has 96 valence electrons. The van der Waals surface area contributed by atoms with Gasteiger partial charge in [0.2, 0.25) is 0 Å². The zero-order chi connectivity index (χ0) is 12.4. The second-order valence-corrected chi connectivity index (χ2v) is 7.55. The Morgan fingerprint density at radius 1 is 1.22 bits per heavy atom. The SMILES string of the molecule is CC1(CNC(Cc2cccs2)c2cccs2)CC1. The second kappa shape index (κ2) is 5.16. The van der Waals surface area contributed by atoms with Gasteiger partial charge in [-0.3, -0.25) is 0 Å². The van der Waals surface area contributed by atoms with Gasteiger partial charge < -0.3 is 5.32 Å². The minimum absolute atomic E-state index is 0.487. The predicted octanol–water partition coefficient (Wildman–Crippen LogP) is 4.48. The summed E-state index contributed by atoms with van der Waals surface area (Å²) < 4.78 is 0. The molecule has 0 aromatic carbocycles. The standard InChI is InChI=1S/C15H19NS2/c1-15(6-7-15)11-16-13(14-5-3-9-18-14)10-12-4-2-8-17-12/h2-5,8-9,13,16H,6-7,10-11H2,1H3. The molecule has 0 saturated heterocycles. The third-order valence-corrected chi connectivity index (χ3v) is 5.64. The Kier molecular flexibility index (Phi) is 3.55. The van der Waals surface area contributed by atoms with E-state index in [4.69, 9.17) is 0 Å². The summed E-state index contributed by atoms with van der Waals surface area (Å²) >= 11 is 3.73. The minimum atomic E-state index is 0.487. The van der Waals surface area contributed by atoms with E-state index in [1.807, 2.05) is 22.7 Å². The van der Waals surface area contributed by atoms with Crippen molar-refractivity contribution >= 4 is 22.7 Å². The molecule has 1 unspecified atom stereocenters. The summed E-state index contributed by atoms with van der Waals surface area (Å²) in [5, 5.41) is 8.13. The number of nitrogens with one attached hydrogen (secondary N) is 1. The maximum absolute atomic E-state index is 3.78. The fourth-order valence-electron chi connectivity index (χ4n) is 2.15. The average molecular weight is 277 g/mol. The topological polar surface area (TPSA) is 12.0 Å². The molecular formula is C15H19NS2. The summed E-state index contributed by atoms with van der Waals surface area (Å²) in [7, 11) is 0. The van der Waals surface area contributed by atoms with E-state index in [9.17, 15) is 0 Å². The number of rotatable bonds is 6. The Labute approximate surface area is 117 Å². The lowest BCUT2D eigenvalue weighted by Gasteiger charge is -2.19. The van der Waals surface area contributed by atoms with Crippen LogP contribution in [0.25, 0.3) is 0 Å². The molecule has 2 aromatic rings. The first kappa shape index (κ1) is 12.4. The van der Waals surface area contributed by atoms with Gasteiger partial charge in [-0.05, 0) is 41.1 Å². The molecular weight excluding hydrogens is 258 g/mol. The maximum Gasteiger partial charge on any atom is 0.0463 e. The lowest BCUT2D eigenvalue weighted by Crippen LogP contribution is -2.27. The van der Waals surface area contributed by atoms with E-state index in [0.29, 0.717) is 11.5 Å². The maximum atomic E-state index is 3.78. The van der Waals surface area contributed by atoms with Crippen LogP contribution < -0.4 is 5.32 Å². The van der Waals surface area contributed by atoms with Gasteiger partial charge in [-0.15, -0.1) is 22.7 Å². The van der Waals surface area contributed by atoms with Crippen molar-refractivity contribution in [2.24, 2.45) is 5.41 Å². The first-order chi connectivity index (χ1) is 8.75. The first-order valence-electron chi connectivity index (χ1n) is 6.54. The Morgan fingerprint density at radius 2 is 2.00 bits per heavy atom. The number of thiophene rings is 2. The smallest absolute Gasteiger partial charge is 0.0463 e. The summed E-state index contributed by atoms with van der Waals surface area (Å²) in [6.45, 7) is 3.54. The molecule has 1 aliphatic carbocycles. The highest BCUT2D eigenvalue weighted by molar-refractivity contribution is 7.10. The Bertz CT molecular complexity index is 469. The molecule has 18 heavy (non-hydrogen) atoms. The van der Waals surface area contributed by atoms with Crippen molar-refractivity contribution in [2.75, 3.05) is 6.54 Å². The van der Waals surface area contributed by atoms with E-state index in [1.54, 1.807) is 0 Å². The van der Waals surface area contributed by atoms with Gasteiger partial charge in [0.1, 0.15) is 0 Å². The van der Waals surface area contributed by atoms with Gasteiger partial charge in [-0.1, -0.05) is 19.1 Å². The van der Waals surface area contributed by atoms with Crippen molar-refractivity contribution < 1.29 is 0 Å². The van der Waals surface area contributed by atoms with E-state index in [-0.39, 0.29) is 0 Å². The lowest BCUT2D eigenvalue weighted by molar-refractivity contribution is 0.443. The molecule has 0 aliphatic heterocycles.